The van der Waals surface area contributed by atoms with Crippen LogP contribution in [-0.4, -0.2) is 8.07 Å². The van der Waals surface area contributed by atoms with Gasteiger partial charge in [0, 0.05) is 0 Å². The molecule has 2 rings (SSSR count). The summed E-state index contributed by atoms with van der Waals surface area (Å²) in [4.78, 5) is 0. The van der Waals surface area contributed by atoms with Gasteiger partial charge >= 0.3 is 21.7 Å². The summed E-state index contributed by atoms with van der Waals surface area (Å²) in [5.74, 6) is 0. The van der Waals surface area contributed by atoms with Crippen molar-refractivity contribution in [1.29, 1.82) is 0 Å². The van der Waals surface area contributed by atoms with Crippen molar-refractivity contribution in [2.24, 2.45) is 0 Å². The van der Waals surface area contributed by atoms with Gasteiger partial charge in [-0.25, -0.2) is 6.07 Å². The maximum Gasteiger partial charge on any atom is 4.00 e. The van der Waals surface area contributed by atoms with Crippen molar-refractivity contribution in [3.63, 3.8) is 0 Å². The van der Waals surface area contributed by atoms with Crippen molar-refractivity contribution in [2.75, 3.05) is 0 Å². The van der Waals surface area contributed by atoms with Gasteiger partial charge in [-0.3, -0.25) is 0 Å². The monoisotopic (exact) mass is 408 g/mol. The minimum absolute atomic E-state index is 0. The van der Waals surface area contributed by atoms with Gasteiger partial charge in [-0.1, -0.05) is 75.3 Å². The molecule has 0 nitrogen and oxygen atoms in total. The van der Waals surface area contributed by atoms with Gasteiger partial charge in [0.2, 0.25) is 0 Å². The summed E-state index contributed by atoms with van der Waals surface area (Å²) in [6.07, 6.45) is 0. The smallest absolute Gasteiger partial charge is 1.00 e. The van der Waals surface area contributed by atoms with Crippen LogP contribution in [0.3, 0.4) is 0 Å². The first-order valence-corrected chi connectivity index (χ1v) is 9.36. The summed E-state index contributed by atoms with van der Waals surface area (Å²) in [5.41, 5.74) is 2.97. The molecule has 0 aliphatic carbocycles. The molecule has 2 aromatic carbocycles. The van der Waals surface area contributed by atoms with Gasteiger partial charge in [0.1, 0.15) is 0 Å². The summed E-state index contributed by atoms with van der Waals surface area (Å²) in [6, 6.07) is 18.4. The largest absolute Gasteiger partial charge is 4.00 e. The second-order valence-electron chi connectivity index (χ2n) is 5.21. The van der Waals surface area contributed by atoms with Gasteiger partial charge in [-0.05, 0) is 0 Å². The number of hydrogen-bond acceptors (Lipinski definition) is 0. The third kappa shape index (κ3) is 4.93. The molecule has 0 heterocycles. The van der Waals surface area contributed by atoms with Crippen LogP contribution in [0.4, 0.5) is 0 Å². The zero-order valence-electron chi connectivity index (χ0n) is 13.6. The molecule has 5 heteroatoms. The zero-order chi connectivity index (χ0) is 13.2. The Kier molecular flexibility index (Phi) is 14.7. The predicted octanol–water partition coefficient (Wildman–Crippen LogP) is -5.37. The van der Waals surface area contributed by atoms with Gasteiger partial charge < -0.3 is 37.2 Å². The fraction of sp³-hybridized carbons (Fsp3) is 0.353. The van der Waals surface area contributed by atoms with Gasteiger partial charge in [-0.15, -0.1) is 0 Å². The van der Waals surface area contributed by atoms with Crippen LogP contribution in [-0.2, 0) is 21.7 Å². The molecule has 0 atom stereocenters. The van der Waals surface area contributed by atoms with E-state index < -0.39 is 8.07 Å². The molecule has 22 heavy (non-hydrogen) atoms. The Hall–Kier alpha value is 0.371. The van der Waals surface area contributed by atoms with Gasteiger partial charge in [0.15, 0.2) is 0 Å². The quantitative estimate of drug-likeness (QED) is 0.350. The Morgan fingerprint density at radius 2 is 1.36 bits per heavy atom. The van der Waals surface area contributed by atoms with Crippen LogP contribution in [0.1, 0.15) is 25.0 Å². The van der Waals surface area contributed by atoms with Crippen LogP contribution in [0, 0.1) is 13.8 Å². The van der Waals surface area contributed by atoms with E-state index in [4.69, 9.17) is 0 Å². The van der Waals surface area contributed by atoms with Crippen LogP contribution >= 0.6 is 0 Å². The van der Waals surface area contributed by atoms with Crippen LogP contribution in [0.15, 0.2) is 42.5 Å². The second-order valence-corrected chi connectivity index (χ2v) is 9.90. The van der Waals surface area contributed by atoms with Crippen molar-refractivity contribution in [2.45, 2.75) is 39.8 Å². The molecule has 0 aliphatic heterocycles. The van der Waals surface area contributed by atoms with Crippen LogP contribution < -0.4 is 47.6 Å². The summed E-state index contributed by atoms with van der Waals surface area (Å²) in [7, 11) is -1.52. The second kappa shape index (κ2) is 11.8. The minimum Gasteiger partial charge on any atom is -1.00 e. The van der Waals surface area contributed by atoms with E-state index in [-0.39, 0.29) is 58.9 Å². The Bertz CT molecular complexity index is 522. The number of aryl methyl sites for hydroxylation is 1. The standard InChI is InChI=1S/C17H23Si.3ClH.Ti/c1-5-18(6-2,16-10-8-7-9-11-16)17-13-12-14(3)15(17)4;;;;/h7-13H,5-6H2,1-4H3;3*1H;/q-1;;;;+4/p-3. The summed E-state index contributed by atoms with van der Waals surface area (Å²) >= 11 is 0. The Morgan fingerprint density at radius 1 is 0.864 bits per heavy atom. The average molecular weight is 410 g/mol. The van der Waals surface area contributed by atoms with Crippen molar-refractivity contribution >= 4 is 18.4 Å². The molecular formula is C17H23Cl3SiTi. The third-order valence-corrected chi connectivity index (χ3v) is 9.97. The van der Waals surface area contributed by atoms with E-state index >= 15 is 0 Å². The van der Waals surface area contributed by atoms with Crippen molar-refractivity contribution in [3.05, 3.63) is 53.6 Å². The summed E-state index contributed by atoms with van der Waals surface area (Å²) in [6.45, 7) is 9.25. The number of halogens is 3. The maximum absolute atomic E-state index is 2.39. The van der Waals surface area contributed by atoms with Crippen molar-refractivity contribution in [1.82, 2.24) is 0 Å². The molecule has 2 aromatic rings. The average Bonchev–Trinajstić information content (AvgIpc) is 2.75. The molecule has 0 N–H and O–H groups in total. The fourth-order valence-corrected chi connectivity index (χ4v) is 7.68. The van der Waals surface area contributed by atoms with E-state index in [0.29, 0.717) is 0 Å². The zero-order valence-corrected chi connectivity index (χ0v) is 18.4. The molecule has 120 valence electrons. The molecule has 0 saturated heterocycles. The van der Waals surface area contributed by atoms with Gasteiger partial charge in [-0.2, -0.15) is 22.4 Å². The molecule has 0 amide bonds. The molecule has 0 bridgehead atoms. The van der Waals surface area contributed by atoms with Gasteiger partial charge in [0.05, 0.1) is 8.07 Å². The number of hydrogen-bond donors (Lipinski definition) is 0. The van der Waals surface area contributed by atoms with E-state index in [1.807, 2.05) is 0 Å². The van der Waals surface area contributed by atoms with E-state index in [9.17, 15) is 0 Å². The third-order valence-electron chi connectivity index (χ3n) is 4.54. The van der Waals surface area contributed by atoms with E-state index in [1.54, 1.807) is 10.4 Å². The number of benzene rings is 1. The molecule has 0 aromatic heterocycles. The van der Waals surface area contributed by atoms with E-state index in [0.717, 1.165) is 0 Å². The van der Waals surface area contributed by atoms with Crippen LogP contribution in [0.2, 0.25) is 12.1 Å². The van der Waals surface area contributed by atoms with E-state index in [2.05, 4.69) is 70.2 Å². The molecule has 0 radical (unpaired) electrons. The fourth-order valence-electron chi connectivity index (χ4n) is 3.14. The minimum atomic E-state index is -1.52. The Labute approximate surface area is 170 Å². The van der Waals surface area contributed by atoms with Crippen LogP contribution in [0.5, 0.6) is 0 Å². The Balaban J connectivity index is -0.000000902. The number of rotatable bonds is 4. The van der Waals surface area contributed by atoms with Crippen molar-refractivity contribution < 1.29 is 58.9 Å². The molecule has 0 fully saturated rings. The normalized spacial score (nSPS) is 9.64. The van der Waals surface area contributed by atoms with Crippen molar-refractivity contribution in [3.8, 4) is 0 Å². The molecule has 0 unspecified atom stereocenters. The predicted molar refractivity (Wildman–Crippen MR) is 83.9 cm³/mol. The summed E-state index contributed by atoms with van der Waals surface area (Å²) in [5, 5.41) is 3.24. The topological polar surface area (TPSA) is 0 Å². The summed E-state index contributed by atoms with van der Waals surface area (Å²) < 4.78 is 0. The molecule has 0 saturated carbocycles. The van der Waals surface area contributed by atoms with Gasteiger partial charge in [0.25, 0.3) is 0 Å². The SMILES string of the molecule is CC[Si](CC)(c1ccccc1)[c-]1ccc(C)c1C.[Cl-].[Cl-].[Cl-].[Ti+4]. The Morgan fingerprint density at radius 3 is 1.73 bits per heavy atom. The first kappa shape index (κ1) is 27.2. The van der Waals surface area contributed by atoms with E-state index in [1.165, 1.54) is 23.2 Å². The molecule has 0 aliphatic rings. The molecular weight excluding hydrogens is 386 g/mol. The maximum atomic E-state index is 2.39. The first-order chi connectivity index (χ1) is 8.65. The first-order valence-electron chi connectivity index (χ1n) is 6.94. The molecule has 0 spiro atoms. The van der Waals surface area contributed by atoms with Crippen LogP contribution in [0.25, 0.3) is 0 Å².